The molecule has 0 spiro atoms. The summed E-state index contributed by atoms with van der Waals surface area (Å²) in [6.45, 7) is 0. The summed E-state index contributed by atoms with van der Waals surface area (Å²) in [7, 11) is 0. The van der Waals surface area contributed by atoms with Crippen LogP contribution in [-0.4, -0.2) is 5.48 Å². The largest absolute Gasteiger partial charge is 0.412 e. The van der Waals surface area contributed by atoms with Crippen LogP contribution in [0.4, 0.5) is 0 Å². The summed E-state index contributed by atoms with van der Waals surface area (Å²) in [5, 5.41) is 0. The van der Waals surface area contributed by atoms with Crippen molar-refractivity contribution in [2.75, 3.05) is 0 Å². The SMILES string of the molecule is O.[Zn].c1ccccc1. The van der Waals surface area contributed by atoms with E-state index in [4.69, 9.17) is 0 Å². The molecule has 40 valence electrons. The van der Waals surface area contributed by atoms with E-state index in [1.807, 2.05) is 36.4 Å². The minimum Gasteiger partial charge on any atom is -0.412 e. The van der Waals surface area contributed by atoms with Crippen molar-refractivity contribution in [3.05, 3.63) is 36.4 Å². The van der Waals surface area contributed by atoms with Gasteiger partial charge in [0.05, 0.1) is 0 Å². The number of rotatable bonds is 0. The first-order valence-corrected chi connectivity index (χ1v) is 2.00. The van der Waals surface area contributed by atoms with Crippen molar-refractivity contribution in [2.24, 2.45) is 0 Å². The smallest absolute Gasteiger partial charge is 0 e. The van der Waals surface area contributed by atoms with Gasteiger partial charge in [0.15, 0.2) is 0 Å². The first-order valence-electron chi connectivity index (χ1n) is 2.00. The third kappa shape index (κ3) is 3.98. The number of hydrogen-bond donors (Lipinski definition) is 0. The molecule has 0 amide bonds. The summed E-state index contributed by atoms with van der Waals surface area (Å²) < 4.78 is 0. The van der Waals surface area contributed by atoms with Crippen LogP contribution >= 0.6 is 0 Å². The molecule has 8 heavy (non-hydrogen) atoms. The third-order valence-electron chi connectivity index (χ3n) is 0.667. The zero-order valence-corrected chi connectivity index (χ0v) is 7.64. The van der Waals surface area contributed by atoms with Gasteiger partial charge in [-0.1, -0.05) is 36.4 Å². The first-order chi connectivity index (χ1) is 3.00. The quantitative estimate of drug-likeness (QED) is 0.506. The van der Waals surface area contributed by atoms with Crippen molar-refractivity contribution in [2.45, 2.75) is 0 Å². The fourth-order valence-electron chi connectivity index (χ4n) is 0.385. The zero-order chi connectivity index (χ0) is 4.24. The molecule has 1 aromatic carbocycles. The van der Waals surface area contributed by atoms with Crippen molar-refractivity contribution < 1.29 is 25.0 Å². The summed E-state index contributed by atoms with van der Waals surface area (Å²) >= 11 is 0. The van der Waals surface area contributed by atoms with Gasteiger partial charge in [0.25, 0.3) is 0 Å². The van der Waals surface area contributed by atoms with Gasteiger partial charge in [0.1, 0.15) is 0 Å². The standard InChI is InChI=1S/C6H6.H2O.Zn/c1-2-4-6-5-3-1;;/h1-6H;1H2;. The molecule has 2 heteroatoms. The molecule has 0 aromatic heterocycles. The van der Waals surface area contributed by atoms with Crippen LogP contribution in [0.3, 0.4) is 0 Å². The second-order valence-corrected chi connectivity index (χ2v) is 1.15. The van der Waals surface area contributed by atoms with Crippen LogP contribution < -0.4 is 0 Å². The molecule has 0 atom stereocenters. The monoisotopic (exact) mass is 160 g/mol. The maximum Gasteiger partial charge on any atom is 0 e. The Morgan fingerprint density at radius 3 is 0.750 bits per heavy atom. The van der Waals surface area contributed by atoms with Gasteiger partial charge >= 0.3 is 0 Å². The average molecular weight is 162 g/mol. The van der Waals surface area contributed by atoms with Crippen LogP contribution in [0.1, 0.15) is 0 Å². The van der Waals surface area contributed by atoms with Crippen LogP contribution in [0.25, 0.3) is 0 Å². The molecule has 2 N–H and O–H groups in total. The van der Waals surface area contributed by atoms with Crippen LogP contribution in [-0.2, 0) is 19.5 Å². The minimum atomic E-state index is 0. The second kappa shape index (κ2) is 6.80. The predicted molar refractivity (Wildman–Crippen MR) is 30.1 cm³/mol. The van der Waals surface area contributed by atoms with Crippen molar-refractivity contribution in [1.29, 1.82) is 0 Å². The van der Waals surface area contributed by atoms with E-state index in [1.54, 1.807) is 0 Å². The van der Waals surface area contributed by atoms with E-state index in [1.165, 1.54) is 0 Å². The summed E-state index contributed by atoms with van der Waals surface area (Å²) in [5.41, 5.74) is 0. The molecule has 0 bridgehead atoms. The summed E-state index contributed by atoms with van der Waals surface area (Å²) in [5.74, 6) is 0. The molecular weight excluding hydrogens is 153 g/mol. The van der Waals surface area contributed by atoms with E-state index >= 15 is 0 Å². The minimum absolute atomic E-state index is 0. The Kier molecular flexibility index (Phi) is 9.12. The molecule has 0 saturated heterocycles. The average Bonchev–Trinajstić information content (AvgIpc) is 1.72. The topological polar surface area (TPSA) is 31.5 Å². The van der Waals surface area contributed by atoms with Crippen molar-refractivity contribution >= 4 is 0 Å². The fourth-order valence-corrected chi connectivity index (χ4v) is 0.385. The van der Waals surface area contributed by atoms with Crippen LogP contribution in [0.15, 0.2) is 36.4 Å². The van der Waals surface area contributed by atoms with Gasteiger partial charge < -0.3 is 5.48 Å². The van der Waals surface area contributed by atoms with E-state index < -0.39 is 0 Å². The van der Waals surface area contributed by atoms with E-state index in [0.29, 0.717) is 0 Å². The van der Waals surface area contributed by atoms with Crippen molar-refractivity contribution in [3.63, 3.8) is 0 Å². The molecule has 0 aliphatic carbocycles. The number of hydrogen-bond acceptors (Lipinski definition) is 0. The Morgan fingerprint density at radius 2 is 0.625 bits per heavy atom. The molecular formula is C6H8OZn. The van der Waals surface area contributed by atoms with Crippen LogP contribution in [0.2, 0.25) is 0 Å². The van der Waals surface area contributed by atoms with Gasteiger partial charge in [-0.25, -0.2) is 0 Å². The molecule has 0 radical (unpaired) electrons. The van der Waals surface area contributed by atoms with E-state index in [0.717, 1.165) is 0 Å². The van der Waals surface area contributed by atoms with Gasteiger partial charge in [-0.3, -0.25) is 0 Å². The first kappa shape index (κ1) is 10.7. The molecule has 0 saturated carbocycles. The molecule has 0 heterocycles. The summed E-state index contributed by atoms with van der Waals surface area (Å²) in [6.07, 6.45) is 0. The van der Waals surface area contributed by atoms with E-state index in [-0.39, 0.29) is 25.0 Å². The molecule has 0 aliphatic heterocycles. The molecule has 1 aromatic rings. The van der Waals surface area contributed by atoms with Gasteiger partial charge in [-0.15, -0.1) is 0 Å². The zero-order valence-electron chi connectivity index (χ0n) is 4.67. The van der Waals surface area contributed by atoms with E-state index in [2.05, 4.69) is 0 Å². The van der Waals surface area contributed by atoms with E-state index in [9.17, 15) is 0 Å². The Morgan fingerprint density at radius 1 is 0.500 bits per heavy atom. The predicted octanol–water partition coefficient (Wildman–Crippen LogP) is 0.859. The summed E-state index contributed by atoms with van der Waals surface area (Å²) in [6, 6.07) is 12.0. The summed E-state index contributed by atoms with van der Waals surface area (Å²) in [4.78, 5) is 0. The Bertz CT molecular complexity index is 80.5. The van der Waals surface area contributed by atoms with Gasteiger partial charge in [-0.05, 0) is 0 Å². The normalized spacial score (nSPS) is 6.00. The van der Waals surface area contributed by atoms with Crippen LogP contribution in [0.5, 0.6) is 0 Å². The second-order valence-electron chi connectivity index (χ2n) is 1.15. The van der Waals surface area contributed by atoms with Crippen molar-refractivity contribution in [1.82, 2.24) is 0 Å². The molecule has 1 rings (SSSR count). The fraction of sp³-hybridized carbons (Fsp3) is 0. The Labute approximate surface area is 61.8 Å². The molecule has 0 unspecified atom stereocenters. The Balaban J connectivity index is 0. The third-order valence-corrected chi connectivity index (χ3v) is 0.667. The molecule has 0 aliphatic rings. The van der Waals surface area contributed by atoms with Crippen LogP contribution in [0, 0.1) is 0 Å². The maximum absolute atomic E-state index is 2.00. The van der Waals surface area contributed by atoms with Gasteiger partial charge in [0, 0.05) is 19.5 Å². The van der Waals surface area contributed by atoms with Gasteiger partial charge in [-0.2, -0.15) is 0 Å². The number of benzene rings is 1. The molecule has 1 nitrogen and oxygen atoms in total. The molecule has 0 fully saturated rings. The Hall–Kier alpha value is -0.197. The van der Waals surface area contributed by atoms with Crippen molar-refractivity contribution in [3.8, 4) is 0 Å². The maximum atomic E-state index is 2.00. The van der Waals surface area contributed by atoms with Gasteiger partial charge in [0.2, 0.25) is 0 Å².